The second-order valence-corrected chi connectivity index (χ2v) is 3.76. The minimum absolute atomic E-state index is 0.0256. The van der Waals surface area contributed by atoms with Crippen molar-refractivity contribution in [1.82, 2.24) is 5.32 Å². The number of halogens is 1. The third-order valence-electron chi connectivity index (χ3n) is 2.02. The van der Waals surface area contributed by atoms with Gasteiger partial charge in [0, 0.05) is 5.02 Å². The van der Waals surface area contributed by atoms with Gasteiger partial charge in [0.25, 0.3) is 0 Å². The molecule has 0 aliphatic carbocycles. The summed E-state index contributed by atoms with van der Waals surface area (Å²) >= 11 is 5.69. The van der Waals surface area contributed by atoms with Crippen LogP contribution in [-0.2, 0) is 4.79 Å². The maximum absolute atomic E-state index is 11.4. The van der Waals surface area contributed by atoms with Crippen molar-refractivity contribution in [3.8, 4) is 0 Å². The van der Waals surface area contributed by atoms with E-state index in [0.29, 0.717) is 11.6 Å². The average Bonchev–Trinajstić information content (AvgIpc) is 2.28. The Morgan fingerprint density at radius 2 is 2.12 bits per heavy atom. The van der Waals surface area contributed by atoms with Gasteiger partial charge in [-0.2, -0.15) is 0 Å². The van der Waals surface area contributed by atoms with E-state index < -0.39 is 5.97 Å². The Hall–Kier alpha value is -1.59. The normalized spacial score (nSPS) is 10.0. The Kier molecular flexibility index (Phi) is 4.93. The van der Waals surface area contributed by atoms with Gasteiger partial charge in [-0.15, -0.1) is 0 Å². The molecule has 1 aromatic rings. The Morgan fingerprint density at radius 3 is 2.71 bits per heavy atom. The van der Waals surface area contributed by atoms with Crippen LogP contribution in [0.25, 0.3) is 0 Å². The van der Waals surface area contributed by atoms with Crippen molar-refractivity contribution in [2.75, 3.05) is 18.4 Å². The van der Waals surface area contributed by atoms with Crippen LogP contribution < -0.4 is 10.6 Å². The molecule has 1 rings (SSSR count). The van der Waals surface area contributed by atoms with Crippen LogP contribution in [0.4, 0.5) is 5.69 Å². The molecule has 3 N–H and O–H groups in total. The lowest BCUT2D eigenvalue weighted by molar-refractivity contribution is -0.115. The number of carbonyl (C=O) groups excluding carboxylic acids is 1. The molecule has 0 aliphatic rings. The summed E-state index contributed by atoms with van der Waals surface area (Å²) in [6.07, 6.45) is 0. The molecular formula is C11H13ClN2O3. The van der Waals surface area contributed by atoms with E-state index in [4.69, 9.17) is 16.7 Å². The first-order chi connectivity index (χ1) is 8.04. The molecule has 0 heterocycles. The van der Waals surface area contributed by atoms with Crippen LogP contribution in [-0.4, -0.2) is 30.1 Å². The van der Waals surface area contributed by atoms with Crippen molar-refractivity contribution in [1.29, 1.82) is 0 Å². The molecule has 0 spiro atoms. The average molecular weight is 257 g/mol. The summed E-state index contributed by atoms with van der Waals surface area (Å²) < 4.78 is 0. The third-order valence-corrected chi connectivity index (χ3v) is 2.26. The number of carbonyl (C=O) groups is 2. The molecular weight excluding hydrogens is 244 g/mol. The number of likely N-dealkylation sites (N-methyl/N-ethyl adjacent to an activating group) is 1. The molecule has 0 bridgehead atoms. The van der Waals surface area contributed by atoms with Crippen LogP contribution in [0.1, 0.15) is 17.3 Å². The fourth-order valence-electron chi connectivity index (χ4n) is 1.24. The number of hydrogen-bond donors (Lipinski definition) is 3. The SMILES string of the molecule is CCNCC(=O)Nc1ccc(Cl)cc1C(=O)O. The Balaban J connectivity index is 2.83. The number of carboxylic acids is 1. The fraction of sp³-hybridized carbons (Fsp3) is 0.273. The molecule has 0 atom stereocenters. The summed E-state index contributed by atoms with van der Waals surface area (Å²) in [4.78, 5) is 22.4. The largest absolute Gasteiger partial charge is 0.478 e. The van der Waals surface area contributed by atoms with Crippen LogP contribution in [0.3, 0.4) is 0 Å². The Bertz CT molecular complexity index is 435. The molecule has 0 aliphatic heterocycles. The van der Waals surface area contributed by atoms with Gasteiger partial charge in [-0.05, 0) is 24.7 Å². The van der Waals surface area contributed by atoms with E-state index in [1.54, 1.807) is 0 Å². The summed E-state index contributed by atoms with van der Waals surface area (Å²) in [6.45, 7) is 2.68. The zero-order valence-corrected chi connectivity index (χ0v) is 10.0. The maximum atomic E-state index is 11.4. The minimum atomic E-state index is -1.13. The van der Waals surface area contributed by atoms with Crippen molar-refractivity contribution < 1.29 is 14.7 Å². The van der Waals surface area contributed by atoms with Gasteiger partial charge in [-0.3, -0.25) is 4.79 Å². The number of anilines is 1. The second kappa shape index (κ2) is 6.22. The summed E-state index contributed by atoms with van der Waals surface area (Å²) in [6, 6.07) is 4.29. The summed E-state index contributed by atoms with van der Waals surface area (Å²) in [5.74, 6) is -1.43. The standard InChI is InChI=1S/C11H13ClN2O3/c1-2-13-6-10(15)14-9-4-3-7(12)5-8(9)11(16)17/h3-5,13H,2,6H2,1H3,(H,14,15)(H,16,17). The number of amides is 1. The third kappa shape index (κ3) is 4.05. The van der Waals surface area contributed by atoms with Crippen molar-refractivity contribution in [2.45, 2.75) is 6.92 Å². The molecule has 92 valence electrons. The number of carboxylic acid groups (broad SMARTS) is 1. The summed E-state index contributed by atoms with van der Waals surface area (Å²) in [5.41, 5.74) is 0.215. The molecule has 1 amide bonds. The maximum Gasteiger partial charge on any atom is 0.337 e. The molecule has 0 radical (unpaired) electrons. The van der Waals surface area contributed by atoms with Gasteiger partial charge in [-0.1, -0.05) is 18.5 Å². The van der Waals surface area contributed by atoms with Gasteiger partial charge in [0.2, 0.25) is 5.91 Å². The van der Waals surface area contributed by atoms with Crippen LogP contribution in [0.5, 0.6) is 0 Å². The zero-order chi connectivity index (χ0) is 12.8. The van der Waals surface area contributed by atoms with E-state index in [2.05, 4.69) is 10.6 Å². The highest BCUT2D eigenvalue weighted by molar-refractivity contribution is 6.31. The van der Waals surface area contributed by atoms with Crippen LogP contribution >= 0.6 is 11.6 Å². The number of rotatable bonds is 5. The van der Waals surface area contributed by atoms with Gasteiger partial charge < -0.3 is 15.7 Å². The van der Waals surface area contributed by atoms with E-state index in [0.717, 1.165) is 0 Å². The van der Waals surface area contributed by atoms with Crippen LogP contribution in [0.2, 0.25) is 5.02 Å². The predicted molar refractivity (Wildman–Crippen MR) is 65.6 cm³/mol. The van der Waals surface area contributed by atoms with Gasteiger partial charge in [0.1, 0.15) is 0 Å². The Morgan fingerprint density at radius 1 is 1.41 bits per heavy atom. The van der Waals surface area contributed by atoms with E-state index in [9.17, 15) is 9.59 Å². The highest BCUT2D eigenvalue weighted by atomic mass is 35.5. The number of hydrogen-bond acceptors (Lipinski definition) is 3. The topological polar surface area (TPSA) is 78.4 Å². The van der Waals surface area contributed by atoms with Crippen molar-refractivity contribution in [2.24, 2.45) is 0 Å². The van der Waals surface area contributed by atoms with Crippen molar-refractivity contribution >= 4 is 29.2 Å². The van der Waals surface area contributed by atoms with Gasteiger partial charge in [-0.25, -0.2) is 4.79 Å². The van der Waals surface area contributed by atoms with E-state index in [1.807, 2.05) is 6.92 Å². The second-order valence-electron chi connectivity index (χ2n) is 3.32. The fourth-order valence-corrected chi connectivity index (χ4v) is 1.41. The van der Waals surface area contributed by atoms with E-state index in [1.165, 1.54) is 18.2 Å². The minimum Gasteiger partial charge on any atom is -0.478 e. The first kappa shape index (κ1) is 13.5. The molecule has 5 nitrogen and oxygen atoms in total. The van der Waals surface area contributed by atoms with Crippen molar-refractivity contribution in [3.05, 3.63) is 28.8 Å². The Labute approximate surface area is 104 Å². The number of benzene rings is 1. The molecule has 0 aromatic heterocycles. The first-order valence-corrected chi connectivity index (χ1v) is 5.45. The predicted octanol–water partition coefficient (Wildman–Crippen LogP) is 1.59. The van der Waals surface area contributed by atoms with Crippen molar-refractivity contribution in [3.63, 3.8) is 0 Å². The number of nitrogens with one attached hydrogen (secondary N) is 2. The summed E-state index contributed by atoms with van der Waals surface area (Å²) in [5, 5.41) is 14.6. The molecule has 17 heavy (non-hydrogen) atoms. The monoisotopic (exact) mass is 256 g/mol. The molecule has 6 heteroatoms. The first-order valence-electron chi connectivity index (χ1n) is 5.08. The summed E-state index contributed by atoms with van der Waals surface area (Å²) in [7, 11) is 0. The lowest BCUT2D eigenvalue weighted by Crippen LogP contribution is -2.28. The molecule has 1 aromatic carbocycles. The van der Waals surface area contributed by atoms with E-state index >= 15 is 0 Å². The lowest BCUT2D eigenvalue weighted by Gasteiger charge is -2.08. The highest BCUT2D eigenvalue weighted by Gasteiger charge is 2.12. The van der Waals surface area contributed by atoms with Crippen LogP contribution in [0, 0.1) is 0 Å². The smallest absolute Gasteiger partial charge is 0.337 e. The molecule has 0 saturated carbocycles. The zero-order valence-electron chi connectivity index (χ0n) is 9.29. The molecule has 0 unspecified atom stereocenters. The number of aromatic carboxylic acids is 1. The quantitative estimate of drug-likeness (QED) is 0.748. The van der Waals surface area contributed by atoms with E-state index in [-0.39, 0.29) is 23.7 Å². The van der Waals surface area contributed by atoms with Gasteiger partial charge in [0.05, 0.1) is 17.8 Å². The molecule has 0 saturated heterocycles. The van der Waals surface area contributed by atoms with Gasteiger partial charge >= 0.3 is 5.97 Å². The lowest BCUT2D eigenvalue weighted by atomic mass is 10.2. The highest BCUT2D eigenvalue weighted by Crippen LogP contribution is 2.20. The molecule has 0 fully saturated rings. The van der Waals surface area contributed by atoms with Gasteiger partial charge in [0.15, 0.2) is 0 Å². The van der Waals surface area contributed by atoms with Crippen LogP contribution in [0.15, 0.2) is 18.2 Å².